The molecule has 0 spiro atoms. The van der Waals surface area contributed by atoms with E-state index in [1.165, 1.54) is 18.7 Å². The molecule has 7 heteroatoms. The molecule has 0 saturated carbocycles. The van der Waals surface area contributed by atoms with E-state index in [0.717, 1.165) is 11.8 Å². The number of hydrogen-bond acceptors (Lipinski definition) is 5. The third-order valence-corrected chi connectivity index (χ3v) is 5.63. The third kappa shape index (κ3) is 4.76. The summed E-state index contributed by atoms with van der Waals surface area (Å²) in [4.78, 5) is 22.8. The molecule has 1 heterocycles. The highest BCUT2D eigenvalue weighted by Gasteiger charge is 2.52. The Morgan fingerprint density at radius 3 is 2.32 bits per heavy atom. The topological polar surface area (TPSA) is 52.6 Å². The van der Waals surface area contributed by atoms with Crippen LogP contribution >= 0.6 is 23.4 Å². The van der Waals surface area contributed by atoms with Crippen molar-refractivity contribution in [3.63, 3.8) is 0 Å². The van der Waals surface area contributed by atoms with Crippen molar-refractivity contribution < 1.29 is 18.9 Å². The van der Waals surface area contributed by atoms with Gasteiger partial charge in [0.05, 0.1) is 11.2 Å². The Kier molecular flexibility index (Phi) is 6.20. The average molecular weight is 381 g/mol. The summed E-state index contributed by atoms with van der Waals surface area (Å²) in [5.41, 5.74) is 1.03. The maximum absolute atomic E-state index is 11.4. The monoisotopic (exact) mass is 380 g/mol. The van der Waals surface area contributed by atoms with Crippen molar-refractivity contribution >= 4 is 48.0 Å². The summed E-state index contributed by atoms with van der Waals surface area (Å²) in [6.45, 7) is 9.42. The summed E-state index contributed by atoms with van der Waals surface area (Å²) in [6, 6.07) is 5.11. The Hall–Kier alpha value is -1.08. The Morgan fingerprint density at radius 1 is 1.20 bits per heavy atom. The van der Waals surface area contributed by atoms with Gasteiger partial charge in [0, 0.05) is 23.3 Å². The lowest BCUT2D eigenvalue weighted by molar-refractivity contribution is -0.109. The molecule has 0 unspecified atom stereocenters. The summed E-state index contributed by atoms with van der Waals surface area (Å²) >= 11 is 7.14. The zero-order chi connectivity index (χ0) is 18.8. The van der Waals surface area contributed by atoms with Crippen LogP contribution in [-0.2, 0) is 14.1 Å². The molecule has 1 aliphatic heterocycles. The van der Waals surface area contributed by atoms with Gasteiger partial charge in [0.15, 0.2) is 11.4 Å². The number of aldehydes is 1. The van der Waals surface area contributed by atoms with E-state index in [1.807, 2.05) is 33.8 Å². The Morgan fingerprint density at radius 2 is 1.80 bits per heavy atom. The van der Waals surface area contributed by atoms with E-state index in [1.54, 1.807) is 18.2 Å². The van der Waals surface area contributed by atoms with Crippen LogP contribution in [0.25, 0.3) is 6.08 Å². The van der Waals surface area contributed by atoms with Gasteiger partial charge < -0.3 is 9.31 Å². The zero-order valence-electron chi connectivity index (χ0n) is 15.1. The number of hydrogen-bond donors (Lipinski definition) is 0. The van der Waals surface area contributed by atoms with Crippen LogP contribution in [0.1, 0.15) is 50.5 Å². The van der Waals surface area contributed by atoms with Gasteiger partial charge in [-0.1, -0.05) is 35.5 Å². The lowest BCUT2D eigenvalue weighted by Crippen LogP contribution is -2.41. The van der Waals surface area contributed by atoms with Crippen molar-refractivity contribution in [2.75, 3.05) is 5.75 Å². The second-order valence-corrected chi connectivity index (χ2v) is 8.57. The number of halogens is 1. The molecule has 0 aromatic heterocycles. The molecule has 25 heavy (non-hydrogen) atoms. The normalized spacial score (nSPS) is 19.1. The number of benzene rings is 1. The first kappa shape index (κ1) is 20.2. The Labute approximate surface area is 158 Å². The summed E-state index contributed by atoms with van der Waals surface area (Å²) in [5, 5.41) is 0.503. The van der Waals surface area contributed by atoms with E-state index in [4.69, 9.17) is 20.9 Å². The van der Waals surface area contributed by atoms with Crippen LogP contribution in [-0.4, -0.2) is 35.5 Å². The predicted molar refractivity (Wildman–Crippen MR) is 104 cm³/mol. The summed E-state index contributed by atoms with van der Waals surface area (Å²) in [5.74, 6) is 0.424. The molecule has 1 saturated heterocycles. The lowest BCUT2D eigenvalue weighted by atomic mass is 9.78. The number of rotatable bonds is 5. The fourth-order valence-corrected chi connectivity index (χ4v) is 3.11. The number of carbonyl (C=O) groups excluding carboxylic acids is 2. The Bertz CT molecular complexity index is 699. The van der Waals surface area contributed by atoms with Gasteiger partial charge in [0.2, 0.25) is 0 Å². The van der Waals surface area contributed by atoms with Crippen molar-refractivity contribution in [2.45, 2.75) is 45.8 Å². The molecule has 0 bridgehead atoms. The van der Waals surface area contributed by atoms with Gasteiger partial charge in [0.1, 0.15) is 0 Å². The van der Waals surface area contributed by atoms with Crippen LogP contribution in [0.4, 0.5) is 0 Å². The highest BCUT2D eigenvalue weighted by Crippen LogP contribution is 2.39. The maximum atomic E-state index is 11.4. The molecular formula is C18H22BClO4S. The van der Waals surface area contributed by atoms with E-state index < -0.39 is 18.3 Å². The molecule has 4 nitrogen and oxygen atoms in total. The lowest BCUT2D eigenvalue weighted by Gasteiger charge is -2.32. The number of carbonyl (C=O) groups is 2. The van der Waals surface area contributed by atoms with Crippen molar-refractivity contribution in [3.8, 4) is 0 Å². The Balaban J connectivity index is 2.40. The zero-order valence-corrected chi connectivity index (χ0v) is 16.7. The van der Waals surface area contributed by atoms with Gasteiger partial charge in [-0.2, -0.15) is 0 Å². The van der Waals surface area contributed by atoms with Gasteiger partial charge in [0.25, 0.3) is 0 Å². The molecule has 0 radical (unpaired) electrons. The molecule has 0 amide bonds. The highest BCUT2D eigenvalue weighted by atomic mass is 35.5. The molecule has 2 rings (SSSR count). The van der Waals surface area contributed by atoms with Crippen LogP contribution in [0.3, 0.4) is 0 Å². The number of thioether (sulfide) groups is 1. The molecule has 0 atom stereocenters. The van der Waals surface area contributed by atoms with Gasteiger partial charge in [-0.25, -0.2) is 0 Å². The van der Waals surface area contributed by atoms with Crippen LogP contribution in [0.5, 0.6) is 0 Å². The minimum absolute atomic E-state index is 0.00846. The van der Waals surface area contributed by atoms with Crippen molar-refractivity contribution in [1.29, 1.82) is 0 Å². The van der Waals surface area contributed by atoms with E-state index >= 15 is 0 Å². The van der Waals surface area contributed by atoms with E-state index in [-0.39, 0.29) is 5.12 Å². The minimum atomic E-state index is -0.577. The third-order valence-electron chi connectivity index (χ3n) is 4.51. The molecule has 1 aromatic rings. The molecular weight excluding hydrogens is 359 g/mol. The predicted octanol–water partition coefficient (Wildman–Crippen LogP) is 4.45. The molecule has 1 aromatic carbocycles. The first-order valence-corrected chi connectivity index (χ1v) is 9.36. The van der Waals surface area contributed by atoms with Crippen LogP contribution in [0, 0.1) is 0 Å². The standard InChI is InChI=1S/C18H22BClO4S/c1-12(22)25-11-15(19-23-17(2,3)18(4,5)24-19)8-13-6-7-16(20)9-14(13)10-21/h6-10H,11H2,1-5H3. The molecule has 134 valence electrons. The molecule has 1 aliphatic rings. The molecule has 0 aliphatic carbocycles. The molecule has 0 N–H and O–H groups in total. The fourth-order valence-electron chi connectivity index (χ4n) is 2.34. The largest absolute Gasteiger partial charge is 0.491 e. The van der Waals surface area contributed by atoms with Crippen molar-refractivity contribution in [1.82, 2.24) is 0 Å². The minimum Gasteiger partial charge on any atom is -0.400 e. The first-order chi connectivity index (χ1) is 11.6. The average Bonchev–Trinajstić information content (AvgIpc) is 2.72. The van der Waals surface area contributed by atoms with Crippen LogP contribution in [0.15, 0.2) is 23.7 Å². The molecule has 1 fully saturated rings. The van der Waals surface area contributed by atoms with E-state index in [9.17, 15) is 9.59 Å². The van der Waals surface area contributed by atoms with Gasteiger partial charge in [-0.3, -0.25) is 9.59 Å². The van der Waals surface area contributed by atoms with Gasteiger partial charge in [-0.15, -0.1) is 0 Å². The smallest absolute Gasteiger partial charge is 0.400 e. The highest BCUT2D eigenvalue weighted by molar-refractivity contribution is 8.13. The first-order valence-electron chi connectivity index (χ1n) is 8.00. The van der Waals surface area contributed by atoms with Crippen molar-refractivity contribution in [2.24, 2.45) is 0 Å². The maximum Gasteiger partial charge on any atom is 0.491 e. The van der Waals surface area contributed by atoms with Crippen LogP contribution in [0.2, 0.25) is 5.02 Å². The van der Waals surface area contributed by atoms with E-state index in [2.05, 4.69) is 0 Å². The SMILES string of the molecule is CC(=O)SCC(=Cc1ccc(Cl)cc1C=O)B1OC(C)(C)C(C)(C)O1. The van der Waals surface area contributed by atoms with E-state index in [0.29, 0.717) is 21.9 Å². The summed E-state index contributed by atoms with van der Waals surface area (Å²) < 4.78 is 12.2. The van der Waals surface area contributed by atoms with Crippen molar-refractivity contribution in [3.05, 3.63) is 39.8 Å². The second-order valence-electron chi connectivity index (χ2n) is 6.98. The summed E-state index contributed by atoms with van der Waals surface area (Å²) in [7, 11) is -0.577. The van der Waals surface area contributed by atoms with Gasteiger partial charge >= 0.3 is 7.12 Å². The fraction of sp³-hybridized carbons (Fsp3) is 0.444. The quantitative estimate of drug-likeness (QED) is 0.558. The summed E-state index contributed by atoms with van der Waals surface area (Å²) in [6.07, 6.45) is 2.61. The van der Waals surface area contributed by atoms with Gasteiger partial charge in [-0.05, 0) is 50.9 Å². The second kappa shape index (κ2) is 7.66. The van der Waals surface area contributed by atoms with Crippen LogP contribution < -0.4 is 0 Å².